The maximum absolute atomic E-state index is 12.8. The number of allylic oxidation sites excluding steroid dienone is 1. The highest BCUT2D eigenvalue weighted by atomic mass is 32.1. The Labute approximate surface area is 175 Å². The molecule has 1 unspecified atom stereocenters. The summed E-state index contributed by atoms with van der Waals surface area (Å²) in [6.45, 7) is 6.78. The third-order valence-electron chi connectivity index (χ3n) is 5.05. The van der Waals surface area contributed by atoms with Crippen molar-refractivity contribution < 1.29 is 19.2 Å². The Bertz CT molecular complexity index is 883. The fourth-order valence-corrected chi connectivity index (χ4v) is 4.26. The van der Waals surface area contributed by atoms with Gasteiger partial charge in [0, 0.05) is 30.3 Å². The molecule has 1 heterocycles. The molecule has 1 aromatic carbocycles. The van der Waals surface area contributed by atoms with E-state index in [-0.39, 0.29) is 29.6 Å². The lowest BCUT2D eigenvalue weighted by molar-refractivity contribution is -0.386. The molecule has 8 nitrogen and oxygen atoms in total. The number of carbonyl (C=O) groups excluding carboxylic acids is 1. The topological polar surface area (TPSA) is 93.9 Å². The fraction of sp³-hybridized carbons (Fsp3) is 0.500. The Kier molecular flexibility index (Phi) is 6.36. The Morgan fingerprint density at radius 1 is 1.24 bits per heavy atom. The second kappa shape index (κ2) is 8.77. The molecular weight excluding hydrogens is 394 g/mol. The van der Waals surface area contributed by atoms with Crippen molar-refractivity contribution in [3.05, 3.63) is 39.1 Å². The lowest BCUT2D eigenvalue weighted by Gasteiger charge is -2.40. The first-order valence-corrected chi connectivity index (χ1v) is 10.3. The quantitative estimate of drug-likeness (QED) is 0.407. The summed E-state index contributed by atoms with van der Waals surface area (Å²) in [5.74, 6) is 0.426. The number of nitro groups is 1. The van der Waals surface area contributed by atoms with Crippen LogP contribution in [0.15, 0.2) is 23.4 Å². The number of nitrogens with zero attached hydrogens (tertiary/aromatic N) is 2. The van der Waals surface area contributed by atoms with E-state index in [2.05, 4.69) is 5.32 Å². The molecule has 0 bridgehead atoms. The zero-order valence-electron chi connectivity index (χ0n) is 16.8. The summed E-state index contributed by atoms with van der Waals surface area (Å²) in [4.78, 5) is 26.0. The maximum Gasteiger partial charge on any atom is 0.315 e. The number of thiocarbonyl (C=S) groups is 1. The van der Waals surface area contributed by atoms with Crippen molar-refractivity contribution in [1.82, 2.24) is 10.2 Å². The van der Waals surface area contributed by atoms with Gasteiger partial charge in [-0.1, -0.05) is 0 Å². The van der Waals surface area contributed by atoms with Crippen molar-refractivity contribution in [2.75, 3.05) is 19.8 Å². The van der Waals surface area contributed by atoms with Crippen LogP contribution in [0.5, 0.6) is 11.5 Å². The predicted molar refractivity (Wildman–Crippen MR) is 112 cm³/mol. The summed E-state index contributed by atoms with van der Waals surface area (Å²) in [6.07, 6.45) is 1.99. The van der Waals surface area contributed by atoms with Crippen LogP contribution in [0.1, 0.15) is 51.6 Å². The van der Waals surface area contributed by atoms with Gasteiger partial charge in [0.15, 0.2) is 16.6 Å². The molecule has 1 aliphatic carbocycles. The Morgan fingerprint density at radius 2 is 1.97 bits per heavy atom. The van der Waals surface area contributed by atoms with Gasteiger partial charge in [0.25, 0.3) is 0 Å². The van der Waals surface area contributed by atoms with Crippen LogP contribution in [0.2, 0.25) is 0 Å². The number of ketones is 1. The highest BCUT2D eigenvalue weighted by Crippen LogP contribution is 2.44. The summed E-state index contributed by atoms with van der Waals surface area (Å²) in [5, 5.41) is 15.5. The van der Waals surface area contributed by atoms with Crippen molar-refractivity contribution in [2.45, 2.75) is 46.1 Å². The van der Waals surface area contributed by atoms with Gasteiger partial charge < -0.3 is 19.7 Å². The van der Waals surface area contributed by atoms with Crippen LogP contribution >= 0.6 is 12.2 Å². The first-order valence-electron chi connectivity index (χ1n) is 9.85. The van der Waals surface area contributed by atoms with Crippen LogP contribution in [0.25, 0.3) is 0 Å². The zero-order valence-corrected chi connectivity index (χ0v) is 17.6. The summed E-state index contributed by atoms with van der Waals surface area (Å²) >= 11 is 5.53. The number of nitrogens with one attached hydrogen (secondary N) is 1. The monoisotopic (exact) mass is 419 g/mol. The minimum absolute atomic E-state index is 0.0409. The fourth-order valence-electron chi connectivity index (χ4n) is 3.90. The number of ether oxygens (including phenoxy) is 2. The van der Waals surface area contributed by atoms with Crippen molar-refractivity contribution >= 4 is 28.8 Å². The smallest absolute Gasteiger partial charge is 0.315 e. The lowest BCUT2D eigenvalue weighted by Crippen LogP contribution is -2.49. The number of hydrogen-bond acceptors (Lipinski definition) is 6. The minimum atomic E-state index is -0.554. The lowest BCUT2D eigenvalue weighted by atomic mass is 9.84. The Hall–Kier alpha value is -2.68. The van der Waals surface area contributed by atoms with Gasteiger partial charge in [0.2, 0.25) is 5.75 Å². The van der Waals surface area contributed by atoms with Crippen LogP contribution in [0, 0.1) is 10.1 Å². The summed E-state index contributed by atoms with van der Waals surface area (Å²) in [7, 11) is 0. The molecule has 3 rings (SSSR count). The summed E-state index contributed by atoms with van der Waals surface area (Å²) in [6, 6.07) is 2.60. The van der Waals surface area contributed by atoms with Gasteiger partial charge in [-0.15, -0.1) is 0 Å². The second-order valence-corrected chi connectivity index (χ2v) is 7.14. The largest absolute Gasteiger partial charge is 0.490 e. The van der Waals surface area contributed by atoms with Gasteiger partial charge in [0.1, 0.15) is 0 Å². The highest BCUT2D eigenvalue weighted by Gasteiger charge is 2.38. The average Bonchev–Trinajstić information content (AvgIpc) is 2.68. The molecule has 0 aromatic heterocycles. The molecule has 0 radical (unpaired) electrons. The molecule has 1 aliphatic heterocycles. The predicted octanol–water partition coefficient (Wildman–Crippen LogP) is 3.65. The van der Waals surface area contributed by atoms with E-state index in [0.717, 1.165) is 18.5 Å². The van der Waals surface area contributed by atoms with Gasteiger partial charge in [-0.05, 0) is 57.5 Å². The molecule has 29 heavy (non-hydrogen) atoms. The summed E-state index contributed by atoms with van der Waals surface area (Å²) < 4.78 is 11.2. The standard InChI is InChI=1S/C20H25N3O5S/c1-4-22-13-8-7-9-15(24)17(13)18(21-20(22)29)12-10-14(23(25)26)19(28-6-3)16(11-12)27-5-2/h10-11,18H,4-9H2,1-3H3,(H,21,29). The number of carbonyl (C=O) groups is 1. The van der Waals surface area contributed by atoms with Gasteiger partial charge >= 0.3 is 5.69 Å². The van der Waals surface area contributed by atoms with Crippen molar-refractivity contribution in [3.63, 3.8) is 0 Å². The van der Waals surface area contributed by atoms with Crippen LogP contribution in [-0.4, -0.2) is 40.5 Å². The van der Waals surface area contributed by atoms with E-state index in [1.807, 2.05) is 11.8 Å². The van der Waals surface area contributed by atoms with E-state index in [4.69, 9.17) is 21.7 Å². The molecule has 1 aromatic rings. The maximum atomic E-state index is 12.8. The van der Waals surface area contributed by atoms with Gasteiger partial charge in [-0.25, -0.2) is 0 Å². The van der Waals surface area contributed by atoms with Crippen molar-refractivity contribution in [2.24, 2.45) is 0 Å². The number of rotatable bonds is 7. The number of Topliss-reactive ketones (excluding diaryl/α,β-unsaturated/α-hetero) is 1. The van der Waals surface area contributed by atoms with Gasteiger partial charge in [-0.2, -0.15) is 0 Å². The normalized spacial score (nSPS) is 19.0. The molecule has 156 valence electrons. The van der Waals surface area contributed by atoms with Gasteiger partial charge in [0.05, 0.1) is 24.2 Å². The van der Waals surface area contributed by atoms with E-state index < -0.39 is 11.0 Å². The Morgan fingerprint density at radius 3 is 2.59 bits per heavy atom. The molecule has 0 amide bonds. The number of benzene rings is 1. The van der Waals surface area contributed by atoms with Crippen LogP contribution in [0.4, 0.5) is 5.69 Å². The molecule has 0 saturated carbocycles. The molecule has 1 N–H and O–H groups in total. The number of hydrogen-bond donors (Lipinski definition) is 1. The van der Waals surface area contributed by atoms with E-state index in [9.17, 15) is 14.9 Å². The summed E-state index contributed by atoms with van der Waals surface area (Å²) in [5.41, 5.74) is 1.91. The van der Waals surface area contributed by atoms with E-state index in [1.165, 1.54) is 6.07 Å². The molecule has 9 heteroatoms. The van der Waals surface area contributed by atoms with E-state index in [1.54, 1.807) is 19.9 Å². The molecular formula is C20H25N3O5S. The van der Waals surface area contributed by atoms with E-state index in [0.29, 0.717) is 35.8 Å². The Balaban J connectivity index is 2.19. The molecule has 2 aliphatic rings. The first kappa shape index (κ1) is 21.0. The van der Waals surface area contributed by atoms with Crippen molar-refractivity contribution in [3.8, 4) is 11.5 Å². The molecule has 0 saturated heterocycles. The molecule has 0 spiro atoms. The van der Waals surface area contributed by atoms with Crippen LogP contribution in [0.3, 0.4) is 0 Å². The van der Waals surface area contributed by atoms with Crippen LogP contribution in [-0.2, 0) is 4.79 Å². The van der Waals surface area contributed by atoms with Crippen molar-refractivity contribution in [1.29, 1.82) is 0 Å². The molecule has 0 fully saturated rings. The third kappa shape index (κ3) is 3.91. The van der Waals surface area contributed by atoms with E-state index >= 15 is 0 Å². The minimum Gasteiger partial charge on any atom is -0.490 e. The van der Waals surface area contributed by atoms with Gasteiger partial charge in [-0.3, -0.25) is 14.9 Å². The first-order chi connectivity index (χ1) is 13.9. The number of nitro benzene ring substituents is 1. The third-order valence-corrected chi connectivity index (χ3v) is 5.39. The molecule has 1 atom stereocenters. The highest BCUT2D eigenvalue weighted by molar-refractivity contribution is 7.80. The second-order valence-electron chi connectivity index (χ2n) is 6.75. The zero-order chi connectivity index (χ0) is 21.1. The SMILES string of the molecule is CCOc1cc(C2NC(=S)N(CC)C3=C2C(=O)CCC3)cc([N+](=O)[O-])c1OCC. The van der Waals surface area contributed by atoms with Crippen LogP contribution < -0.4 is 14.8 Å². The average molecular weight is 420 g/mol.